The van der Waals surface area contributed by atoms with Gasteiger partial charge >= 0.3 is 0 Å². The number of carbonyl (C=O) groups excluding carboxylic acids is 1. The average Bonchev–Trinajstić information content (AvgIpc) is 2.02. The van der Waals surface area contributed by atoms with Crippen molar-refractivity contribution in [1.29, 1.82) is 0 Å². The molecule has 2 nitrogen and oxygen atoms in total. The van der Waals surface area contributed by atoms with Gasteiger partial charge in [-0.1, -0.05) is 26.0 Å². The molecule has 1 aliphatic rings. The Kier molecular flexibility index (Phi) is 1.65. The summed E-state index contributed by atoms with van der Waals surface area (Å²) in [4.78, 5) is 11.3. The van der Waals surface area contributed by atoms with Gasteiger partial charge in [-0.2, -0.15) is 0 Å². The third-order valence-corrected chi connectivity index (χ3v) is 2.47. The molecule has 2 rings (SSSR count). The first kappa shape index (κ1) is 8.30. The van der Waals surface area contributed by atoms with Gasteiger partial charge in [0, 0.05) is 17.5 Å². The van der Waals surface area contributed by atoms with E-state index in [4.69, 9.17) is 0 Å². The minimum absolute atomic E-state index is 0.0488. The van der Waals surface area contributed by atoms with Crippen LogP contribution in [-0.4, -0.2) is 5.91 Å². The zero-order valence-electron chi connectivity index (χ0n) is 7.85. The highest BCUT2D eigenvalue weighted by molar-refractivity contribution is 5.95. The number of amides is 1. The molecule has 0 bridgehead atoms. The first-order chi connectivity index (χ1) is 6.09. The van der Waals surface area contributed by atoms with Gasteiger partial charge < -0.3 is 5.32 Å². The van der Waals surface area contributed by atoms with E-state index in [1.165, 1.54) is 5.56 Å². The van der Waals surface area contributed by atoms with E-state index in [0.29, 0.717) is 6.42 Å². The van der Waals surface area contributed by atoms with Crippen molar-refractivity contribution in [1.82, 2.24) is 0 Å². The Labute approximate surface area is 78.0 Å². The minimum atomic E-state index is -0.0488. The van der Waals surface area contributed by atoms with Crippen LogP contribution in [0.25, 0.3) is 0 Å². The molecule has 0 aliphatic carbocycles. The van der Waals surface area contributed by atoms with E-state index in [-0.39, 0.29) is 11.3 Å². The third-order valence-electron chi connectivity index (χ3n) is 2.47. The summed E-state index contributed by atoms with van der Waals surface area (Å²) in [5.41, 5.74) is 2.06. The second-order valence-corrected chi connectivity index (χ2v) is 4.08. The molecule has 13 heavy (non-hydrogen) atoms. The van der Waals surface area contributed by atoms with Crippen molar-refractivity contribution in [2.45, 2.75) is 25.7 Å². The number of anilines is 1. The van der Waals surface area contributed by atoms with Crippen molar-refractivity contribution in [3.8, 4) is 0 Å². The van der Waals surface area contributed by atoms with Gasteiger partial charge in [0.2, 0.25) is 5.91 Å². The van der Waals surface area contributed by atoms with Gasteiger partial charge in [0.05, 0.1) is 0 Å². The molecule has 0 saturated carbocycles. The highest BCUT2D eigenvalue weighted by Gasteiger charge is 2.31. The first-order valence-electron chi connectivity index (χ1n) is 4.40. The Morgan fingerprint density at radius 1 is 1.54 bits per heavy atom. The van der Waals surface area contributed by atoms with Gasteiger partial charge in [0.15, 0.2) is 0 Å². The van der Waals surface area contributed by atoms with Crippen LogP contribution in [0.5, 0.6) is 0 Å². The second kappa shape index (κ2) is 2.59. The van der Waals surface area contributed by atoms with Crippen LogP contribution in [0.4, 0.5) is 5.69 Å². The number of carbonyl (C=O) groups is 1. The molecular weight excluding hydrogens is 162 g/mol. The van der Waals surface area contributed by atoms with Crippen LogP contribution in [0.15, 0.2) is 18.2 Å². The second-order valence-electron chi connectivity index (χ2n) is 4.08. The van der Waals surface area contributed by atoms with E-state index in [1.54, 1.807) is 0 Å². The zero-order valence-corrected chi connectivity index (χ0v) is 7.85. The van der Waals surface area contributed by atoms with Crippen LogP contribution in [0.3, 0.4) is 0 Å². The molecule has 0 unspecified atom stereocenters. The zero-order chi connectivity index (χ0) is 9.47. The fourth-order valence-corrected chi connectivity index (χ4v) is 1.82. The standard InChI is InChI=1S/C11H12NO/c1-11(2)7-10(13)12-9-6-4-3-5-8(9)11/h3,5-6H,7H2,1-2H3,(H,12,13). The SMILES string of the molecule is CC1(C)CC(=O)Nc2c[c]ccc21. The first-order valence-corrected chi connectivity index (χ1v) is 4.40. The smallest absolute Gasteiger partial charge is 0.225 e. The molecule has 0 fully saturated rings. The Balaban J connectivity index is 2.56. The number of rotatable bonds is 0. The molecule has 1 N–H and O–H groups in total. The molecule has 1 radical (unpaired) electrons. The number of hydrogen-bond donors (Lipinski definition) is 1. The van der Waals surface area contributed by atoms with Crippen molar-refractivity contribution in [3.63, 3.8) is 0 Å². The van der Waals surface area contributed by atoms with Crippen LogP contribution in [0.1, 0.15) is 25.8 Å². The quantitative estimate of drug-likeness (QED) is 0.641. The lowest BCUT2D eigenvalue weighted by atomic mass is 9.78. The number of nitrogens with one attached hydrogen (secondary N) is 1. The molecular formula is C11H12NO. The van der Waals surface area contributed by atoms with E-state index in [9.17, 15) is 4.79 Å². The van der Waals surface area contributed by atoms with Gasteiger partial charge in [-0.3, -0.25) is 4.79 Å². The van der Waals surface area contributed by atoms with E-state index in [1.807, 2.05) is 18.2 Å². The molecule has 1 heterocycles. The van der Waals surface area contributed by atoms with E-state index in [0.717, 1.165) is 5.69 Å². The molecule has 0 aromatic heterocycles. The van der Waals surface area contributed by atoms with E-state index in [2.05, 4.69) is 25.2 Å². The van der Waals surface area contributed by atoms with Gasteiger partial charge in [0.1, 0.15) is 0 Å². The normalized spacial score (nSPS) is 19.1. The maximum Gasteiger partial charge on any atom is 0.225 e. The lowest BCUT2D eigenvalue weighted by molar-refractivity contribution is -0.117. The maximum absolute atomic E-state index is 11.3. The van der Waals surface area contributed by atoms with Crippen LogP contribution in [0, 0.1) is 6.07 Å². The van der Waals surface area contributed by atoms with Gasteiger partial charge in [-0.15, -0.1) is 0 Å². The summed E-state index contributed by atoms with van der Waals surface area (Å²) < 4.78 is 0. The topological polar surface area (TPSA) is 29.1 Å². The predicted octanol–water partition coefficient (Wildman–Crippen LogP) is 2.11. The van der Waals surface area contributed by atoms with Crippen LogP contribution >= 0.6 is 0 Å². The monoisotopic (exact) mass is 174 g/mol. The Morgan fingerprint density at radius 3 is 3.08 bits per heavy atom. The summed E-state index contributed by atoms with van der Waals surface area (Å²) in [6, 6.07) is 8.70. The van der Waals surface area contributed by atoms with Gasteiger partial charge in [-0.25, -0.2) is 0 Å². The van der Waals surface area contributed by atoms with Crippen molar-refractivity contribution in [2.24, 2.45) is 0 Å². The predicted molar refractivity (Wildman–Crippen MR) is 51.6 cm³/mol. The molecule has 0 spiro atoms. The molecule has 1 aliphatic heterocycles. The van der Waals surface area contributed by atoms with E-state index < -0.39 is 0 Å². The molecule has 1 aromatic carbocycles. The van der Waals surface area contributed by atoms with Crippen molar-refractivity contribution < 1.29 is 4.79 Å². The molecule has 1 aromatic rings. The summed E-state index contributed by atoms with van der Waals surface area (Å²) in [6.07, 6.45) is 0.560. The number of hydrogen-bond acceptors (Lipinski definition) is 1. The highest BCUT2D eigenvalue weighted by atomic mass is 16.1. The van der Waals surface area contributed by atoms with Crippen LogP contribution in [0.2, 0.25) is 0 Å². The summed E-state index contributed by atoms with van der Waals surface area (Å²) in [5.74, 6) is 0.0945. The van der Waals surface area contributed by atoms with Gasteiger partial charge in [-0.05, 0) is 17.7 Å². The Hall–Kier alpha value is -1.31. The maximum atomic E-state index is 11.3. The van der Waals surface area contributed by atoms with Crippen LogP contribution < -0.4 is 5.32 Å². The van der Waals surface area contributed by atoms with Gasteiger partial charge in [0.25, 0.3) is 0 Å². The highest BCUT2D eigenvalue weighted by Crippen LogP contribution is 2.36. The lowest BCUT2D eigenvalue weighted by Crippen LogP contribution is -2.32. The molecule has 0 saturated heterocycles. The fraction of sp³-hybridized carbons (Fsp3) is 0.364. The third kappa shape index (κ3) is 1.32. The molecule has 1 amide bonds. The van der Waals surface area contributed by atoms with Crippen molar-refractivity contribution >= 4 is 11.6 Å². The molecule has 67 valence electrons. The van der Waals surface area contributed by atoms with E-state index >= 15 is 0 Å². The van der Waals surface area contributed by atoms with Crippen molar-refractivity contribution in [2.75, 3.05) is 5.32 Å². The summed E-state index contributed by atoms with van der Waals surface area (Å²) in [7, 11) is 0. The number of fused-ring (bicyclic) bond motifs is 1. The summed E-state index contributed by atoms with van der Waals surface area (Å²) >= 11 is 0. The lowest BCUT2D eigenvalue weighted by Gasteiger charge is -2.31. The van der Waals surface area contributed by atoms with Crippen LogP contribution in [-0.2, 0) is 10.2 Å². The van der Waals surface area contributed by atoms with Crippen molar-refractivity contribution in [3.05, 3.63) is 29.8 Å². The average molecular weight is 174 g/mol. The molecule has 2 heteroatoms. The molecule has 0 atom stereocenters. The fourth-order valence-electron chi connectivity index (χ4n) is 1.82. The number of benzene rings is 1. The summed E-state index contributed by atoms with van der Waals surface area (Å²) in [6.45, 7) is 4.18. The minimum Gasteiger partial charge on any atom is -0.326 e. The Morgan fingerprint density at radius 2 is 2.31 bits per heavy atom. The Bertz CT molecular complexity index is 355. The summed E-state index contributed by atoms with van der Waals surface area (Å²) in [5, 5.41) is 2.85. The largest absolute Gasteiger partial charge is 0.326 e.